The van der Waals surface area contributed by atoms with Gasteiger partial charge in [0, 0.05) is 0 Å². The molecule has 8 heteroatoms. The average Bonchev–Trinajstić information content (AvgIpc) is 2.81. The second kappa shape index (κ2) is 10.0. The monoisotopic (exact) mass is 453 g/mol. The first-order valence-electron chi connectivity index (χ1n) is 11.3. The van der Waals surface area contributed by atoms with Crippen LogP contribution in [0.2, 0.25) is 0 Å². The van der Waals surface area contributed by atoms with Gasteiger partial charge in [0.15, 0.2) is 0 Å². The Labute approximate surface area is 192 Å². The van der Waals surface area contributed by atoms with E-state index in [1.807, 2.05) is 36.4 Å². The van der Waals surface area contributed by atoms with E-state index < -0.39 is 47.1 Å². The first-order valence-corrected chi connectivity index (χ1v) is 11.3. The molecular formula is C25H31N3O5. The Bertz CT molecular complexity index is 1070. The van der Waals surface area contributed by atoms with Gasteiger partial charge in [0.25, 0.3) is 5.91 Å². The fourth-order valence-corrected chi connectivity index (χ4v) is 4.52. The fourth-order valence-electron chi connectivity index (χ4n) is 4.52. The van der Waals surface area contributed by atoms with E-state index in [0.29, 0.717) is 24.8 Å². The van der Waals surface area contributed by atoms with E-state index in [2.05, 4.69) is 10.6 Å². The van der Waals surface area contributed by atoms with Crippen LogP contribution in [0.15, 0.2) is 42.5 Å². The molecule has 0 heterocycles. The lowest BCUT2D eigenvalue weighted by Crippen LogP contribution is -2.59. The van der Waals surface area contributed by atoms with E-state index in [1.165, 1.54) is 0 Å². The van der Waals surface area contributed by atoms with Crippen molar-refractivity contribution in [3.63, 3.8) is 0 Å². The van der Waals surface area contributed by atoms with Crippen LogP contribution < -0.4 is 16.4 Å². The Morgan fingerprint density at radius 2 is 1.70 bits per heavy atom. The summed E-state index contributed by atoms with van der Waals surface area (Å²) >= 11 is 0. The number of hydrogen-bond donors (Lipinski definition) is 4. The van der Waals surface area contributed by atoms with E-state index in [0.717, 1.165) is 23.6 Å². The molecule has 1 fully saturated rings. The number of amides is 3. The number of carboxylic acid groups (broad SMARTS) is 1. The third kappa shape index (κ3) is 5.16. The number of hydrogen-bond acceptors (Lipinski definition) is 4. The highest BCUT2D eigenvalue weighted by molar-refractivity contribution is 5.97. The lowest BCUT2D eigenvalue weighted by Gasteiger charge is -2.35. The van der Waals surface area contributed by atoms with Gasteiger partial charge in [0.05, 0.1) is 11.8 Å². The molecular weight excluding hydrogens is 422 g/mol. The lowest BCUT2D eigenvalue weighted by atomic mass is 9.78. The average molecular weight is 454 g/mol. The largest absolute Gasteiger partial charge is 0.481 e. The zero-order valence-corrected chi connectivity index (χ0v) is 19.0. The quantitative estimate of drug-likeness (QED) is 0.486. The summed E-state index contributed by atoms with van der Waals surface area (Å²) in [6, 6.07) is 12.2. The molecule has 8 nitrogen and oxygen atoms in total. The van der Waals surface area contributed by atoms with Crippen molar-refractivity contribution in [2.45, 2.75) is 57.5 Å². The summed E-state index contributed by atoms with van der Waals surface area (Å²) in [6.45, 7) is 3.29. The molecule has 2 aromatic carbocycles. The number of benzene rings is 2. The van der Waals surface area contributed by atoms with Crippen LogP contribution in [0.5, 0.6) is 0 Å². The molecule has 1 aliphatic rings. The van der Waals surface area contributed by atoms with Crippen LogP contribution >= 0.6 is 0 Å². The molecule has 0 unspecified atom stereocenters. The summed E-state index contributed by atoms with van der Waals surface area (Å²) in [4.78, 5) is 50.3. The predicted molar refractivity (Wildman–Crippen MR) is 124 cm³/mol. The number of fused-ring (bicyclic) bond motifs is 1. The maximum atomic E-state index is 13.5. The molecule has 0 saturated heterocycles. The van der Waals surface area contributed by atoms with Gasteiger partial charge in [0.2, 0.25) is 11.8 Å². The van der Waals surface area contributed by atoms with E-state index >= 15 is 0 Å². The minimum atomic E-state index is -1.54. The minimum absolute atomic E-state index is 0.298. The molecule has 0 spiro atoms. The smallest absolute Gasteiger partial charge is 0.307 e. The Morgan fingerprint density at radius 3 is 2.30 bits per heavy atom. The van der Waals surface area contributed by atoms with Crippen molar-refractivity contribution in [2.24, 2.45) is 17.6 Å². The highest BCUT2D eigenvalue weighted by Gasteiger charge is 2.43. The number of nitrogens with two attached hydrogens (primary N) is 1. The molecule has 3 amide bonds. The number of carbonyl (C=O) groups is 4. The summed E-state index contributed by atoms with van der Waals surface area (Å²) in [5.74, 6) is -4.28. The van der Waals surface area contributed by atoms with Crippen molar-refractivity contribution >= 4 is 34.5 Å². The van der Waals surface area contributed by atoms with Gasteiger partial charge >= 0.3 is 5.97 Å². The van der Waals surface area contributed by atoms with Crippen molar-refractivity contribution in [1.82, 2.24) is 10.6 Å². The van der Waals surface area contributed by atoms with Crippen LogP contribution in [-0.4, -0.2) is 34.8 Å². The highest BCUT2D eigenvalue weighted by Crippen LogP contribution is 2.33. The van der Waals surface area contributed by atoms with Gasteiger partial charge in [-0.1, -0.05) is 56.2 Å². The standard InChI is InChI=1S/C25H31N3O5/c1-3-20(21(26)29)27-24(33)25(2,17-13-12-15-8-4-5-9-16(15)14-17)28-22(30)18-10-6-7-11-19(18)23(31)32/h4-5,8-9,12-14,18-20H,3,6-7,10-11H2,1-2H3,(H2,26,29)(H,27,33)(H,28,30)(H,31,32)/t18-,19-,20-,25-/m0/s1. The van der Waals surface area contributed by atoms with E-state index in [-0.39, 0.29) is 0 Å². The van der Waals surface area contributed by atoms with Crippen molar-refractivity contribution in [3.8, 4) is 0 Å². The zero-order chi connectivity index (χ0) is 24.2. The first kappa shape index (κ1) is 24.2. The lowest BCUT2D eigenvalue weighted by molar-refractivity contribution is -0.150. The van der Waals surface area contributed by atoms with Gasteiger partial charge in [-0.05, 0) is 48.6 Å². The first-order chi connectivity index (χ1) is 15.7. The number of nitrogens with one attached hydrogen (secondary N) is 2. The van der Waals surface area contributed by atoms with Gasteiger partial charge in [-0.15, -0.1) is 0 Å². The van der Waals surface area contributed by atoms with Crippen LogP contribution in [0.1, 0.15) is 51.5 Å². The summed E-state index contributed by atoms with van der Waals surface area (Å²) in [7, 11) is 0. The predicted octanol–water partition coefficient (Wildman–Crippen LogP) is 2.44. The number of rotatable bonds is 8. The SMILES string of the molecule is CC[C@H](NC(=O)[C@@](C)(NC(=O)[C@H]1CCCC[C@@H]1C(=O)O)c1ccc2ccccc2c1)C(N)=O. The molecule has 3 rings (SSSR count). The van der Waals surface area contributed by atoms with E-state index in [4.69, 9.17) is 5.73 Å². The molecule has 2 aromatic rings. The molecule has 33 heavy (non-hydrogen) atoms. The van der Waals surface area contributed by atoms with Crippen LogP contribution in [0, 0.1) is 11.8 Å². The maximum absolute atomic E-state index is 13.5. The van der Waals surface area contributed by atoms with Crippen molar-refractivity contribution in [1.29, 1.82) is 0 Å². The van der Waals surface area contributed by atoms with Gasteiger partial charge in [0.1, 0.15) is 11.6 Å². The second-order valence-corrected chi connectivity index (χ2v) is 8.85. The van der Waals surface area contributed by atoms with Crippen LogP contribution in [-0.2, 0) is 24.7 Å². The number of carboxylic acids is 1. The van der Waals surface area contributed by atoms with Gasteiger partial charge < -0.3 is 21.5 Å². The van der Waals surface area contributed by atoms with Crippen molar-refractivity contribution in [3.05, 3.63) is 48.0 Å². The number of aliphatic carboxylic acids is 1. The highest BCUT2D eigenvalue weighted by atomic mass is 16.4. The number of carbonyl (C=O) groups excluding carboxylic acids is 3. The van der Waals surface area contributed by atoms with Gasteiger partial charge in [-0.3, -0.25) is 19.2 Å². The molecule has 0 bridgehead atoms. The molecule has 5 N–H and O–H groups in total. The summed E-state index contributed by atoms with van der Waals surface area (Å²) < 4.78 is 0. The Kier molecular flexibility index (Phi) is 7.36. The molecule has 1 aliphatic carbocycles. The second-order valence-electron chi connectivity index (χ2n) is 8.85. The van der Waals surface area contributed by atoms with Crippen molar-refractivity contribution < 1.29 is 24.3 Å². The summed E-state index contributed by atoms with van der Waals surface area (Å²) in [5, 5.41) is 16.9. The van der Waals surface area contributed by atoms with E-state index in [9.17, 15) is 24.3 Å². The molecule has 176 valence electrons. The number of primary amides is 1. The molecule has 1 saturated carbocycles. The topological polar surface area (TPSA) is 139 Å². The third-order valence-electron chi connectivity index (χ3n) is 6.63. The van der Waals surface area contributed by atoms with Gasteiger partial charge in [-0.2, -0.15) is 0 Å². The Morgan fingerprint density at radius 1 is 1.06 bits per heavy atom. The molecule has 4 atom stereocenters. The molecule has 0 aliphatic heterocycles. The molecule has 0 aromatic heterocycles. The summed E-state index contributed by atoms with van der Waals surface area (Å²) in [6.07, 6.45) is 2.66. The van der Waals surface area contributed by atoms with E-state index in [1.54, 1.807) is 19.9 Å². The van der Waals surface area contributed by atoms with Crippen LogP contribution in [0.25, 0.3) is 10.8 Å². The maximum Gasteiger partial charge on any atom is 0.307 e. The Balaban J connectivity index is 2.00. The fraction of sp³-hybridized carbons (Fsp3) is 0.440. The van der Waals surface area contributed by atoms with Crippen LogP contribution in [0.3, 0.4) is 0 Å². The zero-order valence-electron chi connectivity index (χ0n) is 19.0. The van der Waals surface area contributed by atoms with Gasteiger partial charge in [-0.25, -0.2) is 0 Å². The Hall–Kier alpha value is -3.42. The molecule has 0 radical (unpaired) electrons. The van der Waals surface area contributed by atoms with Crippen LogP contribution in [0.4, 0.5) is 0 Å². The normalized spacial score (nSPS) is 20.9. The third-order valence-corrected chi connectivity index (χ3v) is 6.63. The summed E-state index contributed by atoms with van der Waals surface area (Å²) in [5.41, 5.74) is 4.40. The van der Waals surface area contributed by atoms with Crippen molar-refractivity contribution in [2.75, 3.05) is 0 Å². The minimum Gasteiger partial charge on any atom is -0.481 e.